The first-order valence-corrected chi connectivity index (χ1v) is 10.8. The van der Waals surface area contributed by atoms with Crippen LogP contribution >= 0.6 is 0 Å². The van der Waals surface area contributed by atoms with Crippen LogP contribution in [0.25, 0.3) is 11.4 Å². The maximum Gasteiger partial charge on any atom is 0.419 e. The fourth-order valence-corrected chi connectivity index (χ4v) is 3.81. The zero-order valence-corrected chi connectivity index (χ0v) is 18.7. The van der Waals surface area contributed by atoms with Crippen molar-refractivity contribution in [1.29, 1.82) is 0 Å². The second-order valence-electron chi connectivity index (χ2n) is 8.28. The van der Waals surface area contributed by atoms with Crippen LogP contribution in [0.5, 0.6) is 6.01 Å². The Balaban J connectivity index is 1.56. The van der Waals surface area contributed by atoms with Crippen LogP contribution < -0.4 is 4.74 Å². The van der Waals surface area contributed by atoms with Crippen LogP contribution in [-0.4, -0.2) is 54.9 Å². The van der Waals surface area contributed by atoms with Gasteiger partial charge in [0.05, 0.1) is 17.2 Å². The molecule has 0 spiro atoms. The minimum absolute atomic E-state index is 0.0484. The quantitative estimate of drug-likeness (QED) is 0.555. The molecule has 178 valence electrons. The number of likely N-dealkylation sites (tertiary alicyclic amines) is 1. The smallest absolute Gasteiger partial charge is 0.419 e. The number of alkyl halides is 3. The predicted octanol–water partition coefficient (Wildman–Crippen LogP) is 3.98. The van der Waals surface area contributed by atoms with Crippen molar-refractivity contribution in [3.05, 3.63) is 59.9 Å². The average Bonchev–Trinajstić information content (AvgIpc) is 2.83. The van der Waals surface area contributed by atoms with Gasteiger partial charge in [-0.2, -0.15) is 13.2 Å². The number of hydrogen-bond donors (Lipinski definition) is 0. The van der Waals surface area contributed by atoms with Gasteiger partial charge in [0.25, 0.3) is 5.91 Å². The Bertz CT molecular complexity index is 1140. The Morgan fingerprint density at radius 1 is 1.12 bits per heavy atom. The second-order valence-corrected chi connectivity index (χ2v) is 8.28. The lowest BCUT2D eigenvalue weighted by Gasteiger charge is -2.38. The average molecular weight is 472 g/mol. The van der Waals surface area contributed by atoms with Crippen LogP contribution in [0.4, 0.5) is 13.2 Å². The van der Waals surface area contributed by atoms with E-state index in [1.54, 1.807) is 42.4 Å². The lowest BCUT2D eigenvalue weighted by atomic mass is 9.93. The highest BCUT2D eigenvalue weighted by molar-refractivity contribution is 5.98. The molecule has 1 fully saturated rings. The molecule has 11 heteroatoms. The first-order chi connectivity index (χ1) is 16.2. The van der Waals surface area contributed by atoms with Gasteiger partial charge in [0.1, 0.15) is 12.3 Å². The fourth-order valence-electron chi connectivity index (χ4n) is 3.81. The number of amides is 1. The number of rotatable bonds is 5. The molecule has 0 aliphatic carbocycles. The van der Waals surface area contributed by atoms with Crippen LogP contribution in [-0.2, 0) is 6.18 Å². The molecule has 34 heavy (non-hydrogen) atoms. The Morgan fingerprint density at radius 2 is 1.82 bits per heavy atom. The number of aromatic nitrogens is 5. The van der Waals surface area contributed by atoms with Gasteiger partial charge in [-0.1, -0.05) is 6.92 Å². The molecule has 1 saturated heterocycles. The summed E-state index contributed by atoms with van der Waals surface area (Å²) in [6.45, 7) is 4.40. The molecule has 2 unspecified atom stereocenters. The van der Waals surface area contributed by atoms with Gasteiger partial charge < -0.3 is 9.64 Å². The number of carbonyl (C=O) groups excluding carboxylic acids is 1. The van der Waals surface area contributed by atoms with E-state index in [-0.39, 0.29) is 36.2 Å². The van der Waals surface area contributed by atoms with Gasteiger partial charge in [0.15, 0.2) is 5.82 Å². The summed E-state index contributed by atoms with van der Waals surface area (Å²) in [6.07, 6.45) is 1.56. The molecule has 0 bridgehead atoms. The van der Waals surface area contributed by atoms with Crippen molar-refractivity contribution in [3.63, 3.8) is 0 Å². The van der Waals surface area contributed by atoms with Crippen molar-refractivity contribution in [1.82, 2.24) is 29.8 Å². The van der Waals surface area contributed by atoms with E-state index in [0.29, 0.717) is 42.4 Å². The van der Waals surface area contributed by atoms with E-state index >= 15 is 0 Å². The molecule has 4 heterocycles. The van der Waals surface area contributed by atoms with E-state index in [1.807, 2.05) is 0 Å². The third kappa shape index (κ3) is 5.29. The molecule has 4 rings (SSSR count). The number of piperidine rings is 1. The molecule has 3 aromatic rings. The van der Waals surface area contributed by atoms with Gasteiger partial charge in [-0.25, -0.2) is 24.9 Å². The molecule has 1 amide bonds. The minimum Gasteiger partial charge on any atom is -0.461 e. The molecule has 2 atom stereocenters. The Hall–Kier alpha value is -3.63. The lowest BCUT2D eigenvalue weighted by Crippen LogP contribution is -2.49. The third-order valence-electron chi connectivity index (χ3n) is 5.61. The van der Waals surface area contributed by atoms with Gasteiger partial charge >= 0.3 is 12.2 Å². The molecular formula is C23H23F3N6O2. The number of halogens is 3. The summed E-state index contributed by atoms with van der Waals surface area (Å²) in [7, 11) is 0. The van der Waals surface area contributed by atoms with Crippen molar-refractivity contribution in [2.24, 2.45) is 5.92 Å². The van der Waals surface area contributed by atoms with Gasteiger partial charge in [-0.3, -0.25) is 4.79 Å². The molecule has 0 N–H and O–H groups in total. The maximum atomic E-state index is 13.7. The molecule has 0 radical (unpaired) electrons. The summed E-state index contributed by atoms with van der Waals surface area (Å²) in [6, 6.07) is 4.77. The highest BCUT2D eigenvalue weighted by Gasteiger charge is 2.34. The number of carbonyl (C=O) groups is 1. The summed E-state index contributed by atoms with van der Waals surface area (Å²) < 4.78 is 43.8. The highest BCUT2D eigenvalue weighted by Crippen LogP contribution is 2.29. The Labute approximate surface area is 194 Å². The Morgan fingerprint density at radius 3 is 2.50 bits per heavy atom. The van der Waals surface area contributed by atoms with Crippen molar-refractivity contribution < 1.29 is 22.7 Å². The van der Waals surface area contributed by atoms with E-state index in [0.717, 1.165) is 6.42 Å². The summed E-state index contributed by atoms with van der Waals surface area (Å²) >= 11 is 0. The molecule has 1 aliphatic heterocycles. The maximum absolute atomic E-state index is 13.7. The van der Waals surface area contributed by atoms with Crippen molar-refractivity contribution >= 4 is 5.91 Å². The normalized spacial score (nSPS) is 18.6. The summed E-state index contributed by atoms with van der Waals surface area (Å²) in [5.41, 5.74) is 0.500. The van der Waals surface area contributed by atoms with Crippen LogP contribution in [0.3, 0.4) is 0 Å². The van der Waals surface area contributed by atoms with Gasteiger partial charge in [0.2, 0.25) is 0 Å². The summed E-state index contributed by atoms with van der Waals surface area (Å²) in [4.78, 5) is 35.7. The van der Waals surface area contributed by atoms with Crippen LogP contribution in [0.1, 0.15) is 41.5 Å². The number of ether oxygens (including phenoxy) is 1. The summed E-state index contributed by atoms with van der Waals surface area (Å²) in [5.74, 6) is 0.387. The Kier molecular flexibility index (Phi) is 6.71. The molecule has 0 aromatic carbocycles. The van der Waals surface area contributed by atoms with E-state index in [2.05, 4.69) is 31.8 Å². The van der Waals surface area contributed by atoms with Crippen molar-refractivity contribution in [2.45, 2.75) is 38.9 Å². The van der Waals surface area contributed by atoms with E-state index in [9.17, 15) is 18.0 Å². The topological polar surface area (TPSA) is 94.0 Å². The fraction of sp³-hybridized carbons (Fsp3) is 0.391. The van der Waals surface area contributed by atoms with Crippen LogP contribution in [0.2, 0.25) is 0 Å². The molecule has 0 saturated carbocycles. The third-order valence-corrected chi connectivity index (χ3v) is 5.61. The first kappa shape index (κ1) is 23.5. The standard InChI is InChI=1S/C23H23F3N6O2/c1-14-4-6-17(13-34-22-29-10-16(11-30-22)23(24,25)26)32(12-14)21(33)19-18(7-5-15(2)31-19)20-27-8-3-9-28-20/h3,5,7-11,14,17H,4,6,12-13H2,1-2H3. The highest BCUT2D eigenvalue weighted by atomic mass is 19.4. The number of pyridine rings is 1. The second kappa shape index (κ2) is 9.70. The van der Waals surface area contributed by atoms with E-state index in [1.165, 1.54) is 0 Å². The number of aryl methyl sites for hydroxylation is 1. The largest absolute Gasteiger partial charge is 0.461 e. The van der Waals surface area contributed by atoms with E-state index < -0.39 is 11.7 Å². The molecule has 3 aromatic heterocycles. The van der Waals surface area contributed by atoms with E-state index in [4.69, 9.17) is 4.74 Å². The van der Waals surface area contributed by atoms with Crippen molar-refractivity contribution in [2.75, 3.05) is 13.2 Å². The summed E-state index contributed by atoms with van der Waals surface area (Å²) in [5, 5.41) is 0. The SMILES string of the molecule is Cc1ccc(-c2ncccn2)c(C(=O)N2CC(C)CCC2COc2ncc(C(F)(F)F)cn2)n1. The van der Waals surface area contributed by atoms with Gasteiger partial charge in [-0.05, 0) is 43.9 Å². The predicted molar refractivity (Wildman–Crippen MR) is 116 cm³/mol. The number of hydrogen-bond acceptors (Lipinski definition) is 7. The molecular weight excluding hydrogens is 449 g/mol. The zero-order valence-electron chi connectivity index (χ0n) is 18.7. The van der Waals surface area contributed by atoms with Crippen LogP contribution in [0, 0.1) is 12.8 Å². The van der Waals surface area contributed by atoms with Crippen LogP contribution in [0.15, 0.2) is 43.0 Å². The van der Waals surface area contributed by atoms with Crippen molar-refractivity contribution in [3.8, 4) is 17.4 Å². The molecule has 8 nitrogen and oxygen atoms in total. The lowest BCUT2D eigenvalue weighted by molar-refractivity contribution is -0.138. The number of nitrogens with zero attached hydrogens (tertiary/aromatic N) is 6. The van der Waals surface area contributed by atoms with Gasteiger partial charge in [0, 0.05) is 37.0 Å². The zero-order chi connectivity index (χ0) is 24.3. The minimum atomic E-state index is -4.53. The molecule has 1 aliphatic rings. The first-order valence-electron chi connectivity index (χ1n) is 10.8. The monoisotopic (exact) mass is 472 g/mol. The van der Waals surface area contributed by atoms with Gasteiger partial charge in [-0.15, -0.1) is 0 Å².